The van der Waals surface area contributed by atoms with Crippen LogP contribution < -0.4 is 5.32 Å². The number of carbonyl (C=O) groups is 1. The molecule has 2 aromatic carbocycles. The molecule has 0 unspecified atom stereocenters. The van der Waals surface area contributed by atoms with Gasteiger partial charge >= 0.3 is 0 Å². The van der Waals surface area contributed by atoms with Crippen LogP contribution in [0.15, 0.2) is 30.3 Å². The van der Waals surface area contributed by atoms with Gasteiger partial charge in [0.05, 0.1) is 22.2 Å². The Morgan fingerprint density at radius 3 is 2.85 bits per heavy atom. The molecule has 6 heteroatoms. The molecule has 2 heterocycles. The molecule has 4 rings (SSSR count). The first-order valence-corrected chi connectivity index (χ1v) is 8.69. The fraction of sp³-hybridized carbons (Fsp3) is 0.200. The summed E-state index contributed by atoms with van der Waals surface area (Å²) in [5.41, 5.74) is 4.08. The summed E-state index contributed by atoms with van der Waals surface area (Å²) in [5, 5.41) is 13.2. The van der Waals surface area contributed by atoms with Crippen molar-refractivity contribution in [3.63, 3.8) is 0 Å². The summed E-state index contributed by atoms with van der Waals surface area (Å²) in [4.78, 5) is 12.5. The molecule has 1 aliphatic heterocycles. The van der Waals surface area contributed by atoms with Gasteiger partial charge in [-0.2, -0.15) is 5.26 Å². The van der Waals surface area contributed by atoms with Crippen molar-refractivity contribution in [1.29, 1.82) is 5.26 Å². The number of halogens is 2. The van der Waals surface area contributed by atoms with E-state index in [1.54, 1.807) is 18.2 Å². The molecule has 130 valence electrons. The number of nitriles is 1. The van der Waals surface area contributed by atoms with Crippen LogP contribution in [-0.2, 0) is 6.54 Å². The van der Waals surface area contributed by atoms with E-state index in [0.717, 1.165) is 28.5 Å². The molecular weight excluding hydrogens is 353 g/mol. The number of carbonyl (C=O) groups excluding carboxylic acids is 1. The van der Waals surface area contributed by atoms with Crippen molar-refractivity contribution in [2.45, 2.75) is 19.9 Å². The van der Waals surface area contributed by atoms with Crippen LogP contribution >= 0.6 is 11.6 Å². The zero-order valence-corrected chi connectivity index (χ0v) is 14.8. The first-order chi connectivity index (χ1) is 12.5. The van der Waals surface area contributed by atoms with E-state index >= 15 is 0 Å². The Morgan fingerprint density at radius 2 is 2.12 bits per heavy atom. The number of rotatable bonds is 1. The van der Waals surface area contributed by atoms with Crippen LogP contribution in [0.5, 0.6) is 0 Å². The molecule has 0 saturated carbocycles. The van der Waals surface area contributed by atoms with Gasteiger partial charge in [0.2, 0.25) is 0 Å². The van der Waals surface area contributed by atoms with E-state index in [4.69, 9.17) is 11.6 Å². The van der Waals surface area contributed by atoms with Gasteiger partial charge in [0, 0.05) is 24.0 Å². The fourth-order valence-electron chi connectivity index (χ4n) is 3.64. The maximum atomic E-state index is 14.1. The van der Waals surface area contributed by atoms with Gasteiger partial charge in [-0.05, 0) is 48.7 Å². The average molecular weight is 368 g/mol. The van der Waals surface area contributed by atoms with Gasteiger partial charge in [0.15, 0.2) is 0 Å². The van der Waals surface area contributed by atoms with E-state index in [2.05, 4.69) is 11.4 Å². The van der Waals surface area contributed by atoms with Gasteiger partial charge in [-0.3, -0.25) is 4.79 Å². The number of hydrogen-bond donors (Lipinski definition) is 1. The van der Waals surface area contributed by atoms with Crippen molar-refractivity contribution in [2.24, 2.45) is 0 Å². The molecule has 0 fully saturated rings. The number of nitrogens with one attached hydrogen (secondary N) is 1. The zero-order valence-electron chi connectivity index (χ0n) is 14.1. The molecule has 0 aliphatic carbocycles. The lowest BCUT2D eigenvalue weighted by atomic mass is 9.98. The smallest absolute Gasteiger partial charge is 0.268 e. The van der Waals surface area contributed by atoms with Crippen LogP contribution in [-0.4, -0.2) is 17.0 Å². The summed E-state index contributed by atoms with van der Waals surface area (Å²) in [6, 6.07) is 10.3. The van der Waals surface area contributed by atoms with Gasteiger partial charge in [0.25, 0.3) is 5.91 Å². The predicted octanol–water partition coefficient (Wildman–Crippen LogP) is 4.41. The number of benzene rings is 2. The molecule has 3 aromatic rings. The Balaban J connectivity index is 2.12. The van der Waals surface area contributed by atoms with E-state index in [1.807, 2.05) is 11.5 Å². The zero-order chi connectivity index (χ0) is 18.4. The number of aromatic nitrogens is 1. The molecule has 26 heavy (non-hydrogen) atoms. The van der Waals surface area contributed by atoms with Crippen molar-refractivity contribution in [3.8, 4) is 17.2 Å². The van der Waals surface area contributed by atoms with Crippen LogP contribution in [0.2, 0.25) is 5.02 Å². The Hall–Kier alpha value is -2.84. The number of amides is 1. The van der Waals surface area contributed by atoms with E-state index in [0.29, 0.717) is 29.9 Å². The van der Waals surface area contributed by atoms with Gasteiger partial charge in [-0.1, -0.05) is 17.7 Å². The lowest BCUT2D eigenvalue weighted by Gasteiger charge is -2.11. The average Bonchev–Trinajstić information content (AvgIpc) is 2.78. The van der Waals surface area contributed by atoms with Crippen molar-refractivity contribution in [1.82, 2.24) is 9.88 Å². The molecule has 1 N–H and O–H groups in total. The summed E-state index contributed by atoms with van der Waals surface area (Å²) in [6.07, 6.45) is 0.802. The Labute approximate surface area is 154 Å². The summed E-state index contributed by atoms with van der Waals surface area (Å²) < 4.78 is 16.0. The standard InChI is InChI=1S/C20H15ClFN3O/c1-11-14-7-12(10-23)8-15(13-3-4-16(21)17(22)9-13)19(14)25-6-2-5-24-20(26)18(11)25/h3-4,7-9H,2,5-6H2,1H3,(H,24,26). The molecule has 1 aliphatic rings. The molecular formula is C20H15ClFN3O. The van der Waals surface area contributed by atoms with Crippen molar-refractivity contribution in [3.05, 3.63) is 58.0 Å². The number of aryl methyl sites for hydroxylation is 2. The van der Waals surface area contributed by atoms with Gasteiger partial charge in [-0.15, -0.1) is 0 Å². The van der Waals surface area contributed by atoms with Gasteiger partial charge in [-0.25, -0.2) is 4.39 Å². The van der Waals surface area contributed by atoms with Crippen molar-refractivity contribution in [2.75, 3.05) is 6.54 Å². The summed E-state index contributed by atoms with van der Waals surface area (Å²) in [6.45, 7) is 3.17. The third kappa shape index (κ3) is 2.46. The quantitative estimate of drug-likeness (QED) is 0.692. The Morgan fingerprint density at radius 1 is 1.31 bits per heavy atom. The monoisotopic (exact) mass is 367 g/mol. The van der Waals surface area contributed by atoms with Crippen molar-refractivity contribution < 1.29 is 9.18 Å². The normalized spacial score (nSPS) is 13.8. The number of fused-ring (bicyclic) bond motifs is 3. The molecule has 0 spiro atoms. The van der Waals surface area contributed by atoms with E-state index < -0.39 is 5.82 Å². The van der Waals surface area contributed by atoms with E-state index in [1.165, 1.54) is 12.1 Å². The molecule has 4 nitrogen and oxygen atoms in total. The minimum Gasteiger partial charge on any atom is -0.351 e. The molecule has 1 amide bonds. The van der Waals surface area contributed by atoms with Gasteiger partial charge in [0.1, 0.15) is 11.5 Å². The number of nitrogens with zero attached hydrogens (tertiary/aromatic N) is 2. The van der Waals surface area contributed by atoms with E-state index in [9.17, 15) is 14.4 Å². The van der Waals surface area contributed by atoms with Crippen LogP contribution in [0.3, 0.4) is 0 Å². The highest BCUT2D eigenvalue weighted by Crippen LogP contribution is 2.37. The predicted molar refractivity (Wildman–Crippen MR) is 98.7 cm³/mol. The fourth-order valence-corrected chi connectivity index (χ4v) is 3.76. The largest absolute Gasteiger partial charge is 0.351 e. The highest BCUT2D eigenvalue weighted by molar-refractivity contribution is 6.30. The topological polar surface area (TPSA) is 57.8 Å². The summed E-state index contributed by atoms with van der Waals surface area (Å²) in [7, 11) is 0. The highest BCUT2D eigenvalue weighted by Gasteiger charge is 2.25. The lowest BCUT2D eigenvalue weighted by molar-refractivity contribution is 0.0951. The molecule has 0 bridgehead atoms. The highest BCUT2D eigenvalue weighted by atomic mass is 35.5. The third-order valence-corrected chi connectivity index (χ3v) is 5.13. The minimum absolute atomic E-state index is 0.0472. The SMILES string of the molecule is Cc1c2n(c3c(-c4ccc(Cl)c(F)c4)cc(C#N)cc13)CCCNC2=O. The maximum absolute atomic E-state index is 14.1. The number of hydrogen-bond acceptors (Lipinski definition) is 2. The second kappa shape index (κ2) is 6.15. The van der Waals surface area contributed by atoms with Gasteiger partial charge < -0.3 is 9.88 Å². The lowest BCUT2D eigenvalue weighted by Crippen LogP contribution is -2.23. The molecule has 0 saturated heterocycles. The van der Waals surface area contributed by atoms with Crippen LogP contribution in [0.4, 0.5) is 4.39 Å². The van der Waals surface area contributed by atoms with Crippen molar-refractivity contribution >= 4 is 28.4 Å². The minimum atomic E-state index is -0.517. The third-order valence-electron chi connectivity index (χ3n) is 4.83. The molecule has 0 atom stereocenters. The first kappa shape index (κ1) is 16.6. The Bertz CT molecular complexity index is 1110. The van der Waals surface area contributed by atoms with Crippen LogP contribution in [0.1, 0.15) is 28.0 Å². The van der Waals surface area contributed by atoms with E-state index in [-0.39, 0.29) is 10.9 Å². The second-order valence-corrected chi connectivity index (χ2v) is 6.80. The summed E-state index contributed by atoms with van der Waals surface area (Å²) in [5.74, 6) is -0.639. The van der Waals surface area contributed by atoms with Crippen LogP contribution in [0.25, 0.3) is 22.0 Å². The molecule has 1 aromatic heterocycles. The Kier molecular flexibility index (Phi) is 3.93. The second-order valence-electron chi connectivity index (χ2n) is 6.40. The molecule has 0 radical (unpaired) electrons. The maximum Gasteiger partial charge on any atom is 0.268 e. The summed E-state index contributed by atoms with van der Waals surface area (Å²) >= 11 is 5.82. The first-order valence-electron chi connectivity index (χ1n) is 8.32. The van der Waals surface area contributed by atoms with Crippen LogP contribution in [0, 0.1) is 24.1 Å².